The fourth-order valence-electron chi connectivity index (χ4n) is 5.05. The van der Waals surface area contributed by atoms with E-state index in [1.54, 1.807) is 40.8 Å². The average Bonchev–Trinajstić information content (AvgIpc) is 2.99. The van der Waals surface area contributed by atoms with Crippen LogP contribution in [0.4, 0.5) is 5.82 Å². The SMILES string of the molecule is COc1ccc(Cc2cncc3c(N)nc(-c4cnccc4C)c(Cc4ccc(OC)cc4OC)c23)c(OC)c1.N. The molecule has 0 radical (unpaired) electrons. The van der Waals surface area contributed by atoms with E-state index in [1.807, 2.05) is 61.8 Å². The number of aryl methyl sites for hydroxylation is 1. The van der Waals surface area contributed by atoms with Crippen molar-refractivity contribution in [3.63, 3.8) is 0 Å². The summed E-state index contributed by atoms with van der Waals surface area (Å²) in [5.41, 5.74) is 13.4. The molecule has 9 heteroatoms. The molecule has 3 heterocycles. The molecule has 0 bridgehead atoms. The van der Waals surface area contributed by atoms with E-state index in [1.165, 1.54) is 0 Å². The number of nitrogens with zero attached hydrogens (tertiary/aromatic N) is 3. The lowest BCUT2D eigenvalue weighted by Gasteiger charge is -2.19. The molecule has 0 spiro atoms. The summed E-state index contributed by atoms with van der Waals surface area (Å²) in [6.07, 6.45) is 8.39. The summed E-state index contributed by atoms with van der Waals surface area (Å²) >= 11 is 0. The van der Waals surface area contributed by atoms with Crippen LogP contribution in [0, 0.1) is 6.92 Å². The summed E-state index contributed by atoms with van der Waals surface area (Å²) in [4.78, 5) is 13.9. The van der Waals surface area contributed by atoms with Gasteiger partial charge in [0.15, 0.2) is 0 Å². The summed E-state index contributed by atoms with van der Waals surface area (Å²) in [5, 5.41) is 1.79. The summed E-state index contributed by atoms with van der Waals surface area (Å²) in [7, 11) is 6.60. The van der Waals surface area contributed by atoms with Gasteiger partial charge in [0, 0.05) is 60.7 Å². The van der Waals surface area contributed by atoms with Crippen molar-refractivity contribution < 1.29 is 18.9 Å². The molecule has 0 unspecified atom stereocenters. The Morgan fingerprint density at radius 2 is 1.34 bits per heavy atom. The molecule has 5 rings (SSSR count). The zero-order valence-corrected chi connectivity index (χ0v) is 24.0. The molecular weight excluding hydrogens is 518 g/mol. The second kappa shape index (κ2) is 12.5. The first-order valence-electron chi connectivity index (χ1n) is 12.8. The van der Waals surface area contributed by atoms with Crippen molar-refractivity contribution >= 4 is 16.6 Å². The zero-order valence-electron chi connectivity index (χ0n) is 24.0. The van der Waals surface area contributed by atoms with Gasteiger partial charge in [-0.25, -0.2) is 4.98 Å². The molecule has 5 aromatic rings. The van der Waals surface area contributed by atoms with Crippen LogP contribution >= 0.6 is 0 Å². The highest BCUT2D eigenvalue weighted by atomic mass is 16.5. The number of hydrogen-bond donors (Lipinski definition) is 2. The lowest BCUT2D eigenvalue weighted by atomic mass is 9.90. The zero-order chi connectivity index (χ0) is 28.2. The number of nitrogen functional groups attached to an aromatic ring is 1. The van der Waals surface area contributed by atoms with Crippen molar-refractivity contribution in [1.82, 2.24) is 21.1 Å². The third kappa shape index (κ3) is 5.71. The smallest absolute Gasteiger partial charge is 0.133 e. The Bertz CT molecular complexity index is 1690. The number of rotatable bonds is 9. The number of pyridine rings is 3. The molecule has 5 N–H and O–H groups in total. The third-order valence-corrected chi connectivity index (χ3v) is 7.15. The van der Waals surface area contributed by atoms with Gasteiger partial charge in [0.05, 0.1) is 34.1 Å². The fourth-order valence-corrected chi connectivity index (χ4v) is 5.05. The lowest BCUT2D eigenvalue weighted by Crippen LogP contribution is -2.06. The highest BCUT2D eigenvalue weighted by Crippen LogP contribution is 2.39. The maximum Gasteiger partial charge on any atom is 0.133 e. The van der Waals surface area contributed by atoms with E-state index in [4.69, 9.17) is 29.7 Å². The Hall–Kier alpha value is -4.89. The largest absolute Gasteiger partial charge is 0.497 e. The second-order valence-electron chi connectivity index (χ2n) is 9.45. The average molecular weight is 554 g/mol. The molecule has 0 aliphatic carbocycles. The van der Waals surface area contributed by atoms with Crippen LogP contribution < -0.4 is 30.8 Å². The Kier molecular flexibility index (Phi) is 8.89. The fraction of sp³-hybridized carbons (Fsp3) is 0.219. The Morgan fingerprint density at radius 1 is 0.707 bits per heavy atom. The van der Waals surface area contributed by atoms with Gasteiger partial charge in [-0.2, -0.15) is 0 Å². The molecule has 212 valence electrons. The van der Waals surface area contributed by atoms with Crippen LogP contribution in [0.25, 0.3) is 22.0 Å². The molecule has 0 fully saturated rings. The van der Waals surface area contributed by atoms with E-state index < -0.39 is 0 Å². The highest BCUT2D eigenvalue weighted by Gasteiger charge is 2.21. The number of aromatic nitrogens is 3. The van der Waals surface area contributed by atoms with Crippen LogP contribution in [-0.4, -0.2) is 43.4 Å². The Labute approximate surface area is 239 Å². The van der Waals surface area contributed by atoms with Gasteiger partial charge in [0.25, 0.3) is 0 Å². The second-order valence-corrected chi connectivity index (χ2v) is 9.45. The van der Waals surface area contributed by atoms with Crippen molar-refractivity contribution in [3.8, 4) is 34.3 Å². The van der Waals surface area contributed by atoms with Gasteiger partial charge in [-0.05, 0) is 58.3 Å². The molecule has 41 heavy (non-hydrogen) atoms. The molecular formula is C32H35N5O4. The minimum atomic E-state index is 0. The van der Waals surface area contributed by atoms with Crippen LogP contribution in [0.1, 0.15) is 27.8 Å². The molecule has 0 saturated heterocycles. The maximum absolute atomic E-state index is 6.60. The summed E-state index contributed by atoms with van der Waals surface area (Å²) in [6, 6.07) is 13.7. The van der Waals surface area contributed by atoms with E-state index >= 15 is 0 Å². The maximum atomic E-state index is 6.60. The molecule has 0 aliphatic heterocycles. The normalized spacial score (nSPS) is 10.7. The van der Waals surface area contributed by atoms with Crippen LogP contribution in [-0.2, 0) is 12.8 Å². The van der Waals surface area contributed by atoms with Gasteiger partial charge in [-0.3, -0.25) is 9.97 Å². The van der Waals surface area contributed by atoms with Crippen molar-refractivity contribution in [3.05, 3.63) is 95.1 Å². The van der Waals surface area contributed by atoms with Gasteiger partial charge < -0.3 is 30.8 Å². The molecule has 2 aromatic carbocycles. The minimum Gasteiger partial charge on any atom is -0.497 e. The topological polar surface area (TPSA) is 137 Å². The van der Waals surface area contributed by atoms with Crippen molar-refractivity contribution in [2.24, 2.45) is 0 Å². The molecule has 9 nitrogen and oxygen atoms in total. The summed E-state index contributed by atoms with van der Waals surface area (Å²) < 4.78 is 22.3. The predicted octanol–water partition coefficient (Wildman–Crippen LogP) is 5.96. The van der Waals surface area contributed by atoms with Gasteiger partial charge in [-0.1, -0.05) is 12.1 Å². The number of fused-ring (bicyclic) bond motifs is 1. The Morgan fingerprint density at radius 3 is 1.93 bits per heavy atom. The minimum absolute atomic E-state index is 0. The number of benzene rings is 2. The van der Waals surface area contributed by atoms with Gasteiger partial charge >= 0.3 is 0 Å². The van der Waals surface area contributed by atoms with E-state index in [0.29, 0.717) is 18.7 Å². The first-order valence-corrected chi connectivity index (χ1v) is 12.8. The number of methoxy groups -OCH3 is 4. The van der Waals surface area contributed by atoms with Crippen LogP contribution in [0.15, 0.2) is 67.3 Å². The van der Waals surface area contributed by atoms with Crippen molar-refractivity contribution in [2.45, 2.75) is 19.8 Å². The first kappa shape index (κ1) is 29.1. The molecule has 0 aliphatic rings. The van der Waals surface area contributed by atoms with Crippen LogP contribution in [0.5, 0.6) is 23.0 Å². The van der Waals surface area contributed by atoms with Gasteiger partial charge in [0.1, 0.15) is 28.8 Å². The molecule has 0 amide bonds. The summed E-state index contributed by atoms with van der Waals surface area (Å²) in [5.74, 6) is 3.33. The number of nitrogens with two attached hydrogens (primary N) is 1. The van der Waals surface area contributed by atoms with E-state index in [9.17, 15) is 0 Å². The Balaban J connectivity index is 0.00000387. The first-order chi connectivity index (χ1) is 19.5. The van der Waals surface area contributed by atoms with E-state index in [-0.39, 0.29) is 6.15 Å². The van der Waals surface area contributed by atoms with Gasteiger partial charge in [-0.15, -0.1) is 0 Å². The standard InChI is InChI=1S/C32H32N4O4.H3N/c1-19-10-11-34-17-26(19)31-25(13-21-7-9-24(38-3)15-29(21)40-5)30-22(16-35-18-27(30)32(33)36-31)12-20-6-8-23(37-2)14-28(20)39-4;/h6-11,14-18H,12-13H2,1-5H3,(H2,33,36);1H3. The lowest BCUT2D eigenvalue weighted by molar-refractivity contribution is 0.391. The van der Waals surface area contributed by atoms with E-state index in [2.05, 4.69) is 9.97 Å². The van der Waals surface area contributed by atoms with Crippen LogP contribution in [0.3, 0.4) is 0 Å². The third-order valence-electron chi connectivity index (χ3n) is 7.15. The monoisotopic (exact) mass is 553 g/mol. The van der Waals surface area contributed by atoms with E-state index in [0.717, 1.165) is 72.8 Å². The molecule has 0 atom stereocenters. The highest BCUT2D eigenvalue weighted by molar-refractivity contribution is 5.99. The number of anilines is 1. The van der Waals surface area contributed by atoms with Crippen molar-refractivity contribution in [1.29, 1.82) is 0 Å². The molecule has 0 saturated carbocycles. The number of hydrogen-bond acceptors (Lipinski definition) is 9. The predicted molar refractivity (Wildman–Crippen MR) is 162 cm³/mol. The summed E-state index contributed by atoms with van der Waals surface area (Å²) in [6.45, 7) is 2.05. The quantitative estimate of drug-likeness (QED) is 0.226. The molecule has 3 aromatic heterocycles. The van der Waals surface area contributed by atoms with Gasteiger partial charge in [0.2, 0.25) is 0 Å². The van der Waals surface area contributed by atoms with Crippen LogP contribution in [0.2, 0.25) is 0 Å². The number of ether oxygens (including phenoxy) is 4. The van der Waals surface area contributed by atoms with Crippen molar-refractivity contribution in [2.75, 3.05) is 34.2 Å².